The van der Waals surface area contributed by atoms with Crippen LogP contribution in [0.15, 0.2) is 35.5 Å². The zero-order chi connectivity index (χ0) is 11.8. The predicted molar refractivity (Wildman–Crippen MR) is 60.4 cm³/mol. The van der Waals surface area contributed by atoms with Crippen LogP contribution in [-0.2, 0) is 9.63 Å². The van der Waals surface area contributed by atoms with Crippen molar-refractivity contribution in [1.29, 1.82) is 5.26 Å². The highest BCUT2D eigenvalue weighted by atomic mass is 16.7. The molecule has 0 saturated carbocycles. The lowest BCUT2D eigenvalue weighted by Crippen LogP contribution is -1.89. The molecule has 0 radical (unpaired) electrons. The molecule has 4 heteroatoms. The first-order valence-electron chi connectivity index (χ1n) is 4.60. The van der Waals surface area contributed by atoms with Crippen LogP contribution >= 0.6 is 0 Å². The van der Waals surface area contributed by atoms with Crippen LogP contribution in [-0.4, -0.2) is 12.2 Å². The van der Waals surface area contributed by atoms with Gasteiger partial charge in [0.05, 0.1) is 17.8 Å². The lowest BCUT2D eigenvalue weighted by Gasteiger charge is -1.91. The van der Waals surface area contributed by atoms with Crippen molar-refractivity contribution < 1.29 is 9.63 Å². The average molecular weight is 214 g/mol. The molecule has 0 heterocycles. The summed E-state index contributed by atoms with van der Waals surface area (Å²) in [6.07, 6.45) is 4.80. The molecule has 0 fully saturated rings. The molecule has 16 heavy (non-hydrogen) atoms. The van der Waals surface area contributed by atoms with Crippen LogP contribution in [0.2, 0.25) is 0 Å². The number of nitrogens with zero attached hydrogens (tertiary/aromatic N) is 2. The Morgan fingerprint density at radius 3 is 2.69 bits per heavy atom. The topological polar surface area (TPSA) is 62.4 Å². The maximum Gasteiger partial charge on any atom is 0.331 e. The van der Waals surface area contributed by atoms with Gasteiger partial charge in [-0.15, -0.1) is 0 Å². The quantitative estimate of drug-likeness (QED) is 0.440. The number of oxime groups is 1. The number of carbonyl (C=O) groups excluding carboxylic acids is 1. The van der Waals surface area contributed by atoms with Crippen molar-refractivity contribution in [2.75, 3.05) is 0 Å². The summed E-state index contributed by atoms with van der Waals surface area (Å²) in [6.45, 7) is 1.28. The van der Waals surface area contributed by atoms with Gasteiger partial charge in [-0.1, -0.05) is 23.4 Å². The van der Waals surface area contributed by atoms with Crippen LogP contribution in [0.1, 0.15) is 18.1 Å². The lowest BCUT2D eigenvalue weighted by atomic mass is 10.1. The Morgan fingerprint density at radius 2 is 2.12 bits per heavy atom. The van der Waals surface area contributed by atoms with Gasteiger partial charge in [0.2, 0.25) is 0 Å². The number of allylic oxidation sites excluding steroid dienone is 1. The highest BCUT2D eigenvalue weighted by Crippen LogP contribution is 2.04. The van der Waals surface area contributed by atoms with E-state index >= 15 is 0 Å². The number of rotatable bonds is 3. The van der Waals surface area contributed by atoms with Gasteiger partial charge in [0.15, 0.2) is 0 Å². The molecule has 0 spiro atoms. The maximum absolute atomic E-state index is 10.4. The first-order valence-corrected chi connectivity index (χ1v) is 4.60. The molecule has 1 aromatic rings. The summed E-state index contributed by atoms with van der Waals surface area (Å²) < 4.78 is 0. The van der Waals surface area contributed by atoms with Gasteiger partial charge in [-0.3, -0.25) is 0 Å². The van der Waals surface area contributed by atoms with E-state index in [1.165, 1.54) is 13.1 Å². The maximum atomic E-state index is 10.4. The van der Waals surface area contributed by atoms with Crippen molar-refractivity contribution in [2.45, 2.75) is 6.92 Å². The Hall–Kier alpha value is -2.41. The Kier molecular flexibility index (Phi) is 4.48. The van der Waals surface area contributed by atoms with E-state index in [1.807, 2.05) is 18.2 Å². The SMILES string of the molecule is CC(=O)O/N=C/C=C/c1ccc(C#N)cc1. The highest BCUT2D eigenvalue weighted by Gasteiger charge is 1.88. The van der Waals surface area contributed by atoms with Crippen LogP contribution in [0.3, 0.4) is 0 Å². The average Bonchev–Trinajstić information content (AvgIpc) is 2.29. The van der Waals surface area contributed by atoms with E-state index < -0.39 is 5.97 Å². The van der Waals surface area contributed by atoms with Gasteiger partial charge in [0, 0.05) is 6.92 Å². The van der Waals surface area contributed by atoms with Crippen LogP contribution in [0.5, 0.6) is 0 Å². The number of hydrogen-bond acceptors (Lipinski definition) is 4. The summed E-state index contributed by atoms with van der Waals surface area (Å²) in [6, 6.07) is 9.11. The van der Waals surface area contributed by atoms with Crippen molar-refractivity contribution in [3.63, 3.8) is 0 Å². The molecule has 0 atom stereocenters. The zero-order valence-corrected chi connectivity index (χ0v) is 8.75. The molecule has 0 aliphatic carbocycles. The minimum atomic E-state index is -0.456. The normalized spacial score (nSPS) is 10.5. The van der Waals surface area contributed by atoms with Crippen molar-refractivity contribution >= 4 is 18.3 Å². The second-order valence-corrected chi connectivity index (χ2v) is 2.93. The highest BCUT2D eigenvalue weighted by molar-refractivity contribution is 5.78. The number of benzene rings is 1. The van der Waals surface area contributed by atoms with Crippen LogP contribution in [0.25, 0.3) is 6.08 Å². The van der Waals surface area contributed by atoms with Gasteiger partial charge in [0.25, 0.3) is 0 Å². The van der Waals surface area contributed by atoms with E-state index in [2.05, 4.69) is 9.99 Å². The van der Waals surface area contributed by atoms with E-state index in [-0.39, 0.29) is 0 Å². The Morgan fingerprint density at radius 1 is 1.44 bits per heavy atom. The molecule has 0 saturated heterocycles. The van der Waals surface area contributed by atoms with E-state index in [1.54, 1.807) is 24.3 Å². The Labute approximate surface area is 93.4 Å². The first-order chi connectivity index (χ1) is 7.72. The molecule has 80 valence electrons. The summed E-state index contributed by atoms with van der Waals surface area (Å²) in [7, 11) is 0. The summed E-state index contributed by atoms with van der Waals surface area (Å²) in [5.41, 5.74) is 1.55. The summed E-state index contributed by atoms with van der Waals surface area (Å²) in [4.78, 5) is 14.7. The number of nitriles is 1. The van der Waals surface area contributed by atoms with E-state index in [0.717, 1.165) is 5.56 Å². The molecule has 1 aromatic carbocycles. The molecular formula is C12H10N2O2. The van der Waals surface area contributed by atoms with E-state index in [9.17, 15) is 4.79 Å². The van der Waals surface area contributed by atoms with Gasteiger partial charge >= 0.3 is 5.97 Å². The fourth-order valence-corrected chi connectivity index (χ4v) is 0.963. The Bertz CT molecular complexity index is 453. The minimum Gasteiger partial charge on any atom is -0.319 e. The number of carbonyl (C=O) groups is 1. The molecule has 0 aromatic heterocycles. The molecule has 0 bridgehead atoms. The molecule has 0 aliphatic heterocycles. The smallest absolute Gasteiger partial charge is 0.319 e. The first kappa shape index (κ1) is 11.7. The molecule has 0 N–H and O–H groups in total. The van der Waals surface area contributed by atoms with E-state index in [4.69, 9.17) is 5.26 Å². The zero-order valence-electron chi connectivity index (χ0n) is 8.75. The third kappa shape index (κ3) is 4.20. The van der Waals surface area contributed by atoms with Crippen LogP contribution in [0.4, 0.5) is 0 Å². The largest absolute Gasteiger partial charge is 0.331 e. The van der Waals surface area contributed by atoms with Crippen molar-refractivity contribution in [3.05, 3.63) is 41.5 Å². The third-order valence-corrected chi connectivity index (χ3v) is 1.66. The predicted octanol–water partition coefficient (Wildman–Crippen LogP) is 2.12. The van der Waals surface area contributed by atoms with Gasteiger partial charge in [-0.25, -0.2) is 4.79 Å². The van der Waals surface area contributed by atoms with Gasteiger partial charge < -0.3 is 4.84 Å². The molecule has 1 rings (SSSR count). The summed E-state index contributed by atoms with van der Waals surface area (Å²) in [5.74, 6) is -0.456. The standard InChI is InChI=1S/C12H10N2O2/c1-10(15)16-14-8-2-3-11-4-6-12(9-13)7-5-11/h2-8H,1H3/b3-2+,14-8+. The van der Waals surface area contributed by atoms with Crippen molar-refractivity contribution in [1.82, 2.24) is 0 Å². The monoisotopic (exact) mass is 214 g/mol. The third-order valence-electron chi connectivity index (χ3n) is 1.66. The lowest BCUT2D eigenvalue weighted by molar-refractivity contribution is -0.140. The van der Waals surface area contributed by atoms with Crippen LogP contribution in [0, 0.1) is 11.3 Å². The van der Waals surface area contributed by atoms with Gasteiger partial charge in [0.1, 0.15) is 0 Å². The summed E-state index contributed by atoms with van der Waals surface area (Å²) in [5, 5.41) is 12.0. The number of hydrogen-bond donors (Lipinski definition) is 0. The second-order valence-electron chi connectivity index (χ2n) is 2.93. The van der Waals surface area contributed by atoms with Crippen LogP contribution < -0.4 is 0 Å². The molecule has 0 amide bonds. The van der Waals surface area contributed by atoms with Gasteiger partial charge in [-0.2, -0.15) is 5.26 Å². The second kappa shape index (κ2) is 6.14. The fourth-order valence-electron chi connectivity index (χ4n) is 0.963. The van der Waals surface area contributed by atoms with Crippen molar-refractivity contribution in [3.8, 4) is 6.07 Å². The summed E-state index contributed by atoms with van der Waals surface area (Å²) >= 11 is 0. The Balaban J connectivity index is 2.53. The molecule has 4 nitrogen and oxygen atoms in total. The van der Waals surface area contributed by atoms with E-state index in [0.29, 0.717) is 5.56 Å². The fraction of sp³-hybridized carbons (Fsp3) is 0.0833. The molecular weight excluding hydrogens is 204 g/mol. The van der Waals surface area contributed by atoms with Crippen molar-refractivity contribution in [2.24, 2.45) is 5.16 Å². The molecule has 0 unspecified atom stereocenters. The minimum absolute atomic E-state index is 0.456. The molecule has 0 aliphatic rings. The van der Waals surface area contributed by atoms with Gasteiger partial charge in [-0.05, 0) is 23.8 Å².